The van der Waals surface area contributed by atoms with Gasteiger partial charge in [0.15, 0.2) is 17.8 Å². The second-order valence-corrected chi connectivity index (χ2v) is 10.6. The van der Waals surface area contributed by atoms with Crippen molar-refractivity contribution in [1.82, 2.24) is 20.5 Å². The van der Waals surface area contributed by atoms with Gasteiger partial charge in [-0.15, -0.1) is 0 Å². The Kier molecular flexibility index (Phi) is 7.45. The van der Waals surface area contributed by atoms with Crippen molar-refractivity contribution in [3.05, 3.63) is 113 Å². The zero-order valence-corrected chi connectivity index (χ0v) is 22.8. The first-order valence-corrected chi connectivity index (χ1v) is 13.8. The van der Waals surface area contributed by atoms with Crippen LogP contribution in [0.3, 0.4) is 0 Å². The molecule has 4 aromatic rings. The van der Waals surface area contributed by atoms with Gasteiger partial charge in [-0.1, -0.05) is 78.9 Å². The lowest BCUT2D eigenvalue weighted by molar-refractivity contribution is -0.127. The summed E-state index contributed by atoms with van der Waals surface area (Å²) < 4.78 is 11.0. The van der Waals surface area contributed by atoms with Crippen LogP contribution < -0.4 is 10.6 Å². The normalized spacial score (nSPS) is 17.8. The largest absolute Gasteiger partial charge is 0.476 e. The standard InChI is InChI=1S/C32H30N4O6/c37-29(38)28-27(42-20-34-28)16-33-30(39)32(14-15-36(19-32)17-21-8-2-1-3-9-21)35-31(40)41-18-26-24-12-6-4-10-22(24)23-11-5-7-13-25(23)26/h1-13,20,26H,14-19H2,(H,33,39)(H,35,40)(H,37,38). The number of oxazole rings is 1. The van der Waals surface area contributed by atoms with E-state index >= 15 is 0 Å². The van der Waals surface area contributed by atoms with Gasteiger partial charge in [-0.25, -0.2) is 14.6 Å². The van der Waals surface area contributed by atoms with Gasteiger partial charge < -0.3 is 24.9 Å². The van der Waals surface area contributed by atoms with Crippen LogP contribution in [0.2, 0.25) is 0 Å². The molecule has 1 unspecified atom stereocenters. The first kappa shape index (κ1) is 27.2. The van der Waals surface area contributed by atoms with Crippen molar-refractivity contribution in [2.24, 2.45) is 0 Å². The van der Waals surface area contributed by atoms with Crippen LogP contribution in [-0.4, -0.2) is 58.2 Å². The van der Waals surface area contributed by atoms with E-state index in [0.29, 0.717) is 19.5 Å². The molecular weight excluding hydrogens is 536 g/mol. The number of ether oxygens (including phenoxy) is 1. The highest BCUT2D eigenvalue weighted by Gasteiger charge is 2.46. The Morgan fingerprint density at radius 3 is 2.33 bits per heavy atom. The predicted molar refractivity (Wildman–Crippen MR) is 153 cm³/mol. The summed E-state index contributed by atoms with van der Waals surface area (Å²) in [6.07, 6.45) is 0.671. The van der Waals surface area contributed by atoms with Gasteiger partial charge in [0.1, 0.15) is 12.1 Å². The molecule has 10 heteroatoms. The van der Waals surface area contributed by atoms with Crippen LogP contribution in [0.1, 0.15) is 45.3 Å². The molecule has 0 spiro atoms. The summed E-state index contributed by atoms with van der Waals surface area (Å²) in [7, 11) is 0. The number of nitrogens with one attached hydrogen (secondary N) is 2. The molecule has 0 bridgehead atoms. The maximum Gasteiger partial charge on any atom is 0.408 e. The first-order valence-electron chi connectivity index (χ1n) is 13.8. The lowest BCUT2D eigenvalue weighted by Crippen LogP contribution is -2.60. The molecule has 0 saturated carbocycles. The number of amides is 2. The molecule has 0 radical (unpaired) electrons. The van der Waals surface area contributed by atoms with E-state index in [1.807, 2.05) is 66.7 Å². The van der Waals surface area contributed by atoms with Crippen LogP contribution in [0.25, 0.3) is 11.1 Å². The van der Waals surface area contributed by atoms with E-state index in [0.717, 1.165) is 34.2 Å². The van der Waals surface area contributed by atoms with Gasteiger partial charge in [-0.2, -0.15) is 0 Å². The Hall–Kier alpha value is -4.96. The molecule has 3 N–H and O–H groups in total. The van der Waals surface area contributed by atoms with Crippen LogP contribution in [0.4, 0.5) is 4.79 Å². The molecule has 3 aromatic carbocycles. The zero-order chi connectivity index (χ0) is 29.1. The lowest BCUT2D eigenvalue weighted by atomic mass is 9.97. The van der Waals surface area contributed by atoms with E-state index in [-0.39, 0.29) is 37.1 Å². The zero-order valence-electron chi connectivity index (χ0n) is 22.8. The van der Waals surface area contributed by atoms with Gasteiger partial charge in [0.05, 0.1) is 6.54 Å². The molecule has 42 heavy (non-hydrogen) atoms. The third kappa shape index (κ3) is 5.36. The van der Waals surface area contributed by atoms with Crippen LogP contribution in [0, 0.1) is 0 Å². The smallest absolute Gasteiger partial charge is 0.408 e. The molecule has 1 saturated heterocycles. The van der Waals surface area contributed by atoms with E-state index < -0.39 is 23.5 Å². The number of benzene rings is 3. The number of hydrogen-bond donors (Lipinski definition) is 3. The molecular formula is C32H30N4O6. The van der Waals surface area contributed by atoms with Gasteiger partial charge in [0.25, 0.3) is 0 Å². The fourth-order valence-electron chi connectivity index (χ4n) is 5.94. The van der Waals surface area contributed by atoms with Crippen molar-refractivity contribution in [2.45, 2.75) is 31.0 Å². The minimum atomic E-state index is -1.29. The maximum absolute atomic E-state index is 13.6. The maximum atomic E-state index is 13.6. The van der Waals surface area contributed by atoms with Crippen LogP contribution in [0.15, 0.2) is 89.7 Å². The molecule has 1 aromatic heterocycles. The number of fused-ring (bicyclic) bond motifs is 3. The van der Waals surface area contributed by atoms with E-state index in [1.165, 1.54) is 0 Å². The van der Waals surface area contributed by atoms with E-state index in [4.69, 9.17) is 9.15 Å². The average molecular weight is 567 g/mol. The van der Waals surface area contributed by atoms with E-state index in [9.17, 15) is 19.5 Å². The SMILES string of the molecule is O=C(NC1(C(=O)NCc2ocnc2C(=O)O)CCN(Cc2ccccc2)C1)OCC1c2ccccc2-c2ccccc21. The number of aromatic nitrogens is 1. The number of carboxylic acids is 1. The number of likely N-dealkylation sites (tertiary alicyclic amines) is 1. The number of aromatic carboxylic acids is 1. The van der Waals surface area contributed by atoms with Crippen molar-refractivity contribution in [2.75, 3.05) is 19.7 Å². The van der Waals surface area contributed by atoms with Gasteiger partial charge in [0, 0.05) is 25.6 Å². The Morgan fingerprint density at radius 2 is 1.64 bits per heavy atom. The molecule has 1 aliphatic carbocycles. The van der Waals surface area contributed by atoms with Crippen molar-refractivity contribution >= 4 is 18.0 Å². The highest BCUT2D eigenvalue weighted by Crippen LogP contribution is 2.44. The predicted octanol–water partition coefficient (Wildman–Crippen LogP) is 4.17. The second kappa shape index (κ2) is 11.5. The Balaban J connectivity index is 1.17. The molecule has 2 aliphatic rings. The molecule has 2 heterocycles. The monoisotopic (exact) mass is 566 g/mol. The van der Waals surface area contributed by atoms with Gasteiger partial charge in [-0.3, -0.25) is 9.69 Å². The fraction of sp³-hybridized carbons (Fsp3) is 0.250. The highest BCUT2D eigenvalue weighted by atomic mass is 16.5. The van der Waals surface area contributed by atoms with Gasteiger partial charge in [0.2, 0.25) is 5.91 Å². The Morgan fingerprint density at radius 1 is 0.976 bits per heavy atom. The third-order valence-corrected chi connectivity index (χ3v) is 7.97. The number of hydrogen-bond acceptors (Lipinski definition) is 7. The van der Waals surface area contributed by atoms with E-state index in [1.54, 1.807) is 0 Å². The quantitative estimate of drug-likeness (QED) is 0.275. The number of carbonyl (C=O) groups excluding carboxylic acids is 2. The summed E-state index contributed by atoms with van der Waals surface area (Å²) >= 11 is 0. The minimum absolute atomic E-state index is 0.0197. The van der Waals surface area contributed by atoms with Crippen LogP contribution >= 0.6 is 0 Å². The van der Waals surface area contributed by atoms with Crippen LogP contribution in [-0.2, 0) is 22.6 Å². The minimum Gasteiger partial charge on any atom is -0.476 e. The van der Waals surface area contributed by atoms with E-state index in [2.05, 4.69) is 32.7 Å². The molecule has 2 amide bonds. The lowest BCUT2D eigenvalue weighted by Gasteiger charge is -2.29. The molecule has 1 atom stereocenters. The highest BCUT2D eigenvalue weighted by molar-refractivity contribution is 5.91. The van der Waals surface area contributed by atoms with Crippen molar-refractivity contribution in [3.8, 4) is 11.1 Å². The average Bonchev–Trinajstić information content (AvgIpc) is 3.72. The Bertz CT molecular complexity index is 1570. The molecule has 6 rings (SSSR count). The topological polar surface area (TPSA) is 134 Å². The molecule has 1 fully saturated rings. The first-order chi connectivity index (χ1) is 20.4. The van der Waals surface area contributed by atoms with Crippen LogP contribution in [0.5, 0.6) is 0 Å². The van der Waals surface area contributed by atoms with Crippen molar-refractivity contribution in [1.29, 1.82) is 0 Å². The summed E-state index contributed by atoms with van der Waals surface area (Å²) in [6.45, 7) is 1.35. The molecule has 1 aliphatic heterocycles. The number of nitrogens with zero attached hydrogens (tertiary/aromatic N) is 2. The third-order valence-electron chi connectivity index (χ3n) is 7.97. The summed E-state index contributed by atoms with van der Waals surface area (Å²) in [5, 5.41) is 14.9. The fourth-order valence-corrected chi connectivity index (χ4v) is 5.94. The number of alkyl carbamates (subject to hydrolysis) is 1. The summed E-state index contributed by atoms with van der Waals surface area (Å²) in [5.74, 6) is -1.81. The number of rotatable bonds is 9. The number of carboxylic acid groups (broad SMARTS) is 1. The molecule has 10 nitrogen and oxygen atoms in total. The van der Waals surface area contributed by atoms with Gasteiger partial charge >= 0.3 is 12.1 Å². The van der Waals surface area contributed by atoms with Gasteiger partial charge in [-0.05, 0) is 34.2 Å². The van der Waals surface area contributed by atoms with Crippen molar-refractivity contribution < 1.29 is 28.6 Å². The second-order valence-electron chi connectivity index (χ2n) is 10.6. The summed E-state index contributed by atoms with van der Waals surface area (Å²) in [4.78, 5) is 44.2. The Labute approximate surface area is 242 Å². The number of carbonyl (C=O) groups is 3. The summed E-state index contributed by atoms with van der Waals surface area (Å²) in [6, 6.07) is 26.0. The van der Waals surface area contributed by atoms with Crippen molar-refractivity contribution in [3.63, 3.8) is 0 Å². The summed E-state index contributed by atoms with van der Waals surface area (Å²) in [5.41, 5.74) is 3.96. The molecule has 214 valence electrons.